The van der Waals surface area contributed by atoms with Crippen LogP contribution in [0.5, 0.6) is 0 Å². The number of rotatable bonds is 15. The van der Waals surface area contributed by atoms with Crippen molar-refractivity contribution in [2.45, 2.75) is 98.9 Å². The van der Waals surface area contributed by atoms with Crippen LogP contribution in [0, 0.1) is 42.9 Å². The highest BCUT2D eigenvalue weighted by Crippen LogP contribution is 2.40. The molecule has 0 spiro atoms. The van der Waals surface area contributed by atoms with E-state index in [1.165, 1.54) is 16.2 Å². The Labute approximate surface area is 453 Å². The number of carbonyl (C=O) groups excluding carboxylic acids is 4. The molecular formula is C55H71ClN12O5S2. The number of amidine groups is 2. The molecule has 2 aromatic carbocycles. The molecule has 4 aromatic rings. The third-order valence-corrected chi connectivity index (χ3v) is 17.1. The van der Waals surface area contributed by atoms with Crippen molar-refractivity contribution in [1.29, 1.82) is 10.8 Å². The Morgan fingerprint density at radius 3 is 2.21 bits per heavy atom. The number of likely N-dealkylation sites (tertiary alicyclic amines) is 2. The summed E-state index contributed by atoms with van der Waals surface area (Å²) in [6.45, 7) is 20.6. The number of aliphatic hydroxyl groups is 1. The second-order valence-electron chi connectivity index (χ2n) is 21.3. The van der Waals surface area contributed by atoms with Gasteiger partial charge in [0.15, 0.2) is 0 Å². The van der Waals surface area contributed by atoms with Gasteiger partial charge in [-0.25, -0.2) is 9.98 Å². The standard InChI is InChI=1S/C55H71ClN12O5S2/c1-33-35(3)75-54-47(33)48(39-12-14-41(56)15-13-39)62-43(51(58)68(54)36(4)57)27-45(70)59-18-21-64-19-16-38(17-20-64)29-65-22-24-66(25-23-65)31-46(71)63-50(55(5,6)7)53(73)67-30-42(69)26-44(67)52(72)60-28-37-8-10-40(11-9-37)49-34(2)61-32-74-49/h8-15,32,38,42-44,57-58,69H,16-31H2,1-7H3,(H,59,70)(H,60,72)/t42-,43+,44+/m1/s1. The number of aromatic nitrogens is 1. The van der Waals surface area contributed by atoms with Crippen molar-refractivity contribution in [1.82, 2.24) is 35.2 Å². The number of piperazine rings is 1. The Morgan fingerprint density at radius 2 is 1.57 bits per heavy atom. The average Bonchev–Trinajstić information content (AvgIpc) is 4.05. The Kier molecular flexibility index (Phi) is 18.0. The van der Waals surface area contributed by atoms with Crippen LogP contribution in [0.3, 0.4) is 0 Å². The van der Waals surface area contributed by atoms with Crippen molar-refractivity contribution in [2.24, 2.45) is 21.3 Å². The molecule has 0 aliphatic carbocycles. The number of hydrogen-bond acceptors (Lipinski definition) is 14. The van der Waals surface area contributed by atoms with Crippen LogP contribution in [-0.2, 0) is 25.7 Å². The number of benzene rings is 2. The van der Waals surface area contributed by atoms with Crippen LogP contribution in [0.1, 0.15) is 86.2 Å². The predicted octanol–water partition coefficient (Wildman–Crippen LogP) is 6.58. The normalized spacial score (nSPS) is 20.4. The summed E-state index contributed by atoms with van der Waals surface area (Å²) in [5.41, 5.74) is 7.47. The van der Waals surface area contributed by atoms with E-state index < -0.39 is 35.4 Å². The first kappa shape index (κ1) is 55.7. The van der Waals surface area contributed by atoms with Gasteiger partial charge in [-0.1, -0.05) is 68.8 Å². The summed E-state index contributed by atoms with van der Waals surface area (Å²) < 4.78 is 0. The number of anilines is 1. The number of fused-ring (bicyclic) bond motifs is 1. The molecule has 0 saturated carbocycles. The molecule has 0 bridgehead atoms. The summed E-state index contributed by atoms with van der Waals surface area (Å²) in [5, 5.41) is 35.9. The first-order valence-electron chi connectivity index (χ1n) is 25.9. The molecule has 8 rings (SSSR count). The monoisotopic (exact) mass is 1080 g/mol. The minimum atomic E-state index is -0.898. The number of halogens is 1. The number of hydrogen-bond donors (Lipinski definition) is 5. The number of aryl methyl sites for hydroxylation is 2. The zero-order chi connectivity index (χ0) is 53.7. The van der Waals surface area contributed by atoms with Gasteiger partial charge < -0.3 is 30.4 Å². The Bertz CT molecular complexity index is 2820. The number of amides is 4. The number of nitrogens with zero attached hydrogens (tertiary/aromatic N) is 8. The van der Waals surface area contributed by atoms with E-state index in [9.17, 15) is 29.7 Å². The van der Waals surface area contributed by atoms with Crippen LogP contribution in [-0.4, -0.2) is 167 Å². The first-order valence-corrected chi connectivity index (χ1v) is 28.0. The summed E-state index contributed by atoms with van der Waals surface area (Å²) in [6.07, 6.45) is 1.30. The lowest BCUT2D eigenvalue weighted by molar-refractivity contribution is -0.134. The molecular weight excluding hydrogens is 1010 g/mol. The minimum absolute atomic E-state index is 0.0135. The zero-order valence-electron chi connectivity index (χ0n) is 44.2. The largest absolute Gasteiger partial charge is 0.391 e. The third-order valence-electron chi connectivity index (χ3n) is 14.7. The summed E-state index contributed by atoms with van der Waals surface area (Å²) in [6, 6.07) is 13.7. The smallest absolute Gasteiger partial charge is 0.269 e. The molecule has 20 heteroatoms. The first-order chi connectivity index (χ1) is 35.7. The summed E-state index contributed by atoms with van der Waals surface area (Å²) in [7, 11) is 0. The summed E-state index contributed by atoms with van der Waals surface area (Å²) in [4.78, 5) is 80.7. The molecule has 3 atom stereocenters. The SMILES string of the molecule is CC(=N)N1C(=N)[C@H](CC(=O)NCCN2CCC(CN3CCN(CC(=O)N=C(C(=O)N4C[C@H](O)C[C@H]4C(=O)NCc4ccc(-c5scnc5C)cc4)C(C)(C)C)CC3)CC2)N=C(c2ccc(Cl)cc2)c2c1sc(C)c2C. The van der Waals surface area contributed by atoms with Crippen LogP contribution in [0.2, 0.25) is 5.02 Å². The van der Waals surface area contributed by atoms with Gasteiger partial charge in [0, 0.05) is 91.8 Å². The maximum atomic E-state index is 14.2. The van der Waals surface area contributed by atoms with Gasteiger partial charge in [0.05, 0.1) is 40.9 Å². The molecule has 4 amide bonds. The van der Waals surface area contributed by atoms with Crippen molar-refractivity contribution >= 4 is 86.0 Å². The van der Waals surface area contributed by atoms with Gasteiger partial charge in [0.2, 0.25) is 11.8 Å². The topological polar surface area (TPSA) is 214 Å². The molecule has 75 heavy (non-hydrogen) atoms. The maximum Gasteiger partial charge on any atom is 0.269 e. The zero-order valence-corrected chi connectivity index (χ0v) is 46.6. The number of thiophene rings is 1. The molecule has 4 aliphatic heterocycles. The van der Waals surface area contributed by atoms with Crippen molar-refractivity contribution in [2.75, 3.05) is 76.9 Å². The van der Waals surface area contributed by atoms with Crippen molar-refractivity contribution in [3.05, 3.63) is 91.9 Å². The highest BCUT2D eigenvalue weighted by molar-refractivity contribution is 7.17. The second kappa shape index (κ2) is 24.2. The molecule has 3 saturated heterocycles. The second-order valence-corrected chi connectivity index (χ2v) is 23.8. The van der Waals surface area contributed by atoms with E-state index in [-0.39, 0.29) is 61.7 Å². The highest BCUT2D eigenvalue weighted by atomic mass is 35.5. The van der Waals surface area contributed by atoms with Gasteiger partial charge in [-0.05, 0) is 88.4 Å². The van der Waals surface area contributed by atoms with Gasteiger partial charge in [0.25, 0.3) is 11.8 Å². The van der Waals surface area contributed by atoms with E-state index in [1.807, 2.05) is 95.6 Å². The van der Waals surface area contributed by atoms with Gasteiger partial charge >= 0.3 is 0 Å². The Balaban J connectivity index is 0.766. The van der Waals surface area contributed by atoms with Crippen LogP contribution in [0.15, 0.2) is 64.0 Å². The third kappa shape index (κ3) is 13.5. The summed E-state index contributed by atoms with van der Waals surface area (Å²) in [5.74, 6) is -0.638. The van der Waals surface area contributed by atoms with Crippen molar-refractivity contribution in [3.63, 3.8) is 0 Å². The Hall–Kier alpha value is -5.54. The lowest BCUT2D eigenvalue weighted by atomic mass is 9.88. The number of aliphatic hydroxyl groups excluding tert-OH is 1. The molecule has 0 unspecified atom stereocenters. The minimum Gasteiger partial charge on any atom is -0.391 e. The molecule has 3 fully saturated rings. The molecule has 2 aromatic heterocycles. The average molecular weight is 1080 g/mol. The molecule has 17 nitrogen and oxygen atoms in total. The lowest BCUT2D eigenvalue weighted by Gasteiger charge is -2.38. The van der Waals surface area contributed by atoms with E-state index in [1.54, 1.807) is 23.2 Å². The van der Waals surface area contributed by atoms with Crippen LogP contribution < -0.4 is 15.5 Å². The van der Waals surface area contributed by atoms with Crippen LogP contribution in [0.25, 0.3) is 10.4 Å². The van der Waals surface area contributed by atoms with Crippen LogP contribution in [0.4, 0.5) is 5.00 Å². The van der Waals surface area contributed by atoms with Gasteiger partial charge in [-0.2, -0.15) is 0 Å². The molecule has 4 aliphatic rings. The highest BCUT2D eigenvalue weighted by Gasteiger charge is 2.43. The number of carbonyl (C=O) groups is 4. The van der Waals surface area contributed by atoms with Crippen molar-refractivity contribution < 1.29 is 24.3 Å². The Morgan fingerprint density at radius 1 is 0.907 bits per heavy atom. The molecule has 400 valence electrons. The molecule has 5 N–H and O–H groups in total. The maximum absolute atomic E-state index is 14.2. The number of aliphatic imine (C=N–C) groups is 2. The van der Waals surface area contributed by atoms with E-state index in [4.69, 9.17) is 22.0 Å². The summed E-state index contributed by atoms with van der Waals surface area (Å²) >= 11 is 9.35. The van der Waals surface area contributed by atoms with Gasteiger partial charge in [-0.15, -0.1) is 22.7 Å². The fraction of sp³-hybridized carbons (Fsp3) is 0.509. The molecule has 6 heterocycles. The number of thiazole rings is 1. The van der Waals surface area contributed by atoms with Crippen LogP contribution >= 0.6 is 34.3 Å². The van der Waals surface area contributed by atoms with Gasteiger partial charge in [0.1, 0.15) is 34.5 Å². The van der Waals surface area contributed by atoms with E-state index in [2.05, 4.69) is 35.3 Å². The van der Waals surface area contributed by atoms with E-state index in [0.29, 0.717) is 36.3 Å². The fourth-order valence-electron chi connectivity index (χ4n) is 10.3. The number of β-amino-alcohol motifs (C(OH)–C–C–N with tert-alkyl or cyclic N) is 1. The van der Waals surface area contributed by atoms with Gasteiger partial charge in [-0.3, -0.25) is 44.8 Å². The fourth-order valence-corrected chi connectivity index (χ4v) is 12.5. The van der Waals surface area contributed by atoms with Crippen molar-refractivity contribution in [3.8, 4) is 10.4 Å². The van der Waals surface area contributed by atoms with E-state index >= 15 is 0 Å². The van der Waals surface area contributed by atoms with E-state index in [0.717, 1.165) is 100 Å². The number of nitrogens with one attached hydrogen (secondary N) is 4. The number of piperidine rings is 1. The quantitative estimate of drug-likeness (QED) is 0.0637. The molecule has 0 radical (unpaired) electrons. The predicted molar refractivity (Wildman–Crippen MR) is 300 cm³/mol. The lowest BCUT2D eigenvalue weighted by Crippen LogP contribution is -2.51.